The third kappa shape index (κ3) is 1.87. The summed E-state index contributed by atoms with van der Waals surface area (Å²) in [5.41, 5.74) is 0.865. The predicted octanol–water partition coefficient (Wildman–Crippen LogP) is 3.02. The number of hydrogen-bond donors (Lipinski definition) is 1. The normalized spacial score (nSPS) is 10.9. The molecule has 0 aliphatic carbocycles. The Labute approximate surface area is 120 Å². The Hall–Kier alpha value is -2.28. The van der Waals surface area contributed by atoms with Crippen LogP contribution in [0.15, 0.2) is 40.9 Å². The molecule has 2 aromatic carbocycles. The molecule has 0 spiro atoms. The maximum absolute atomic E-state index is 14.0. The van der Waals surface area contributed by atoms with Gasteiger partial charge in [-0.2, -0.15) is 0 Å². The molecule has 0 unspecified atom stereocenters. The van der Waals surface area contributed by atoms with Gasteiger partial charge in [0.05, 0.1) is 11.1 Å². The fraction of sp³-hybridized carbons (Fsp3) is 0. The van der Waals surface area contributed by atoms with E-state index in [1.54, 1.807) is 24.3 Å². The van der Waals surface area contributed by atoms with E-state index in [0.717, 1.165) is 0 Å². The molecule has 0 saturated heterocycles. The minimum atomic E-state index is -1.10. The second-order valence-electron chi connectivity index (χ2n) is 4.05. The lowest BCUT2D eigenvalue weighted by Gasteiger charge is -2.06. The van der Waals surface area contributed by atoms with Crippen LogP contribution in [0.4, 0.5) is 4.39 Å². The summed E-state index contributed by atoms with van der Waals surface area (Å²) in [4.78, 5) is 11.1. The lowest BCUT2D eigenvalue weighted by molar-refractivity contribution is 0.0699. The van der Waals surface area contributed by atoms with E-state index in [1.807, 2.05) is 0 Å². The van der Waals surface area contributed by atoms with Crippen LogP contribution >= 0.6 is 15.9 Å². The molecule has 1 N–H and O–H groups in total. The monoisotopic (exact) mass is 335 g/mol. The van der Waals surface area contributed by atoms with Crippen molar-refractivity contribution in [2.45, 2.75) is 0 Å². The number of carboxylic acids is 1. The molecule has 0 amide bonds. The number of halogens is 2. The Balaban J connectivity index is 2.34. The van der Waals surface area contributed by atoms with E-state index in [4.69, 9.17) is 5.11 Å². The molecule has 1 heterocycles. The smallest absolute Gasteiger partial charge is 0.338 e. The summed E-state index contributed by atoms with van der Waals surface area (Å²) in [6.45, 7) is 0. The first kappa shape index (κ1) is 12.7. The van der Waals surface area contributed by atoms with Gasteiger partial charge in [-0.3, -0.25) is 0 Å². The van der Waals surface area contributed by atoms with Crippen molar-refractivity contribution in [2.75, 3.05) is 0 Å². The number of aromatic nitrogens is 3. The van der Waals surface area contributed by atoms with E-state index in [9.17, 15) is 9.18 Å². The van der Waals surface area contributed by atoms with Crippen LogP contribution in [0.5, 0.6) is 0 Å². The van der Waals surface area contributed by atoms with Gasteiger partial charge in [-0.15, -0.1) is 5.10 Å². The topological polar surface area (TPSA) is 68.0 Å². The summed E-state index contributed by atoms with van der Waals surface area (Å²) in [5, 5.41) is 16.8. The summed E-state index contributed by atoms with van der Waals surface area (Å²) in [5.74, 6) is -1.58. The number of hydrogen-bond acceptors (Lipinski definition) is 3. The second-order valence-corrected chi connectivity index (χ2v) is 4.90. The third-order valence-electron chi connectivity index (χ3n) is 2.86. The van der Waals surface area contributed by atoms with E-state index in [-0.39, 0.29) is 16.8 Å². The largest absolute Gasteiger partial charge is 0.478 e. The van der Waals surface area contributed by atoms with Gasteiger partial charge in [0, 0.05) is 4.47 Å². The zero-order chi connectivity index (χ0) is 14.3. The molecule has 0 fully saturated rings. The van der Waals surface area contributed by atoms with Crippen molar-refractivity contribution in [1.29, 1.82) is 0 Å². The number of aromatic carboxylic acids is 1. The quantitative estimate of drug-likeness (QED) is 0.781. The van der Waals surface area contributed by atoms with Crippen molar-refractivity contribution in [3.05, 3.63) is 52.3 Å². The van der Waals surface area contributed by atoms with Gasteiger partial charge in [-0.25, -0.2) is 13.9 Å². The van der Waals surface area contributed by atoms with Crippen LogP contribution in [0.2, 0.25) is 0 Å². The SMILES string of the molecule is O=C(O)c1cccc2c1nnn2-c1c(F)cccc1Br. The molecule has 0 bridgehead atoms. The lowest BCUT2D eigenvalue weighted by Crippen LogP contribution is -2.01. The Morgan fingerprint density at radius 2 is 2.00 bits per heavy atom. The first-order valence-electron chi connectivity index (χ1n) is 5.61. The molecule has 7 heteroatoms. The summed E-state index contributed by atoms with van der Waals surface area (Å²) in [6.07, 6.45) is 0. The number of rotatable bonds is 2. The summed E-state index contributed by atoms with van der Waals surface area (Å²) >= 11 is 3.26. The van der Waals surface area contributed by atoms with Crippen LogP contribution in [0, 0.1) is 5.82 Å². The Bertz CT molecular complexity index is 811. The van der Waals surface area contributed by atoms with E-state index in [0.29, 0.717) is 9.99 Å². The highest BCUT2D eigenvalue weighted by Crippen LogP contribution is 2.27. The standard InChI is InChI=1S/C13H7BrFN3O2/c14-8-4-2-5-9(15)12(8)18-10-6-1-3-7(13(19)20)11(10)16-17-18/h1-6H,(H,19,20). The van der Waals surface area contributed by atoms with Crippen LogP contribution in [-0.4, -0.2) is 26.1 Å². The summed E-state index contributed by atoms with van der Waals surface area (Å²) < 4.78 is 15.7. The van der Waals surface area contributed by atoms with E-state index >= 15 is 0 Å². The zero-order valence-electron chi connectivity index (χ0n) is 9.92. The summed E-state index contributed by atoms with van der Waals surface area (Å²) in [6, 6.07) is 9.17. The molecule has 0 saturated carbocycles. The Kier molecular flexibility index (Phi) is 2.98. The highest BCUT2D eigenvalue weighted by molar-refractivity contribution is 9.10. The third-order valence-corrected chi connectivity index (χ3v) is 3.50. The number of carbonyl (C=O) groups is 1. The average molecular weight is 336 g/mol. The molecule has 100 valence electrons. The number of nitrogens with zero attached hydrogens (tertiary/aromatic N) is 3. The van der Waals surface area contributed by atoms with Gasteiger partial charge >= 0.3 is 5.97 Å². The highest BCUT2D eigenvalue weighted by Gasteiger charge is 2.17. The molecule has 0 aliphatic rings. The highest BCUT2D eigenvalue weighted by atomic mass is 79.9. The molecule has 0 atom stereocenters. The maximum Gasteiger partial charge on any atom is 0.338 e. The Morgan fingerprint density at radius 1 is 1.25 bits per heavy atom. The van der Waals surface area contributed by atoms with Crippen molar-refractivity contribution in [3.63, 3.8) is 0 Å². The van der Waals surface area contributed by atoms with Gasteiger partial charge in [0.25, 0.3) is 0 Å². The van der Waals surface area contributed by atoms with Crippen molar-refractivity contribution in [2.24, 2.45) is 0 Å². The van der Waals surface area contributed by atoms with E-state index < -0.39 is 11.8 Å². The first-order chi connectivity index (χ1) is 9.59. The molecule has 5 nitrogen and oxygen atoms in total. The van der Waals surface area contributed by atoms with Crippen LogP contribution in [-0.2, 0) is 0 Å². The van der Waals surface area contributed by atoms with Crippen LogP contribution in [0.1, 0.15) is 10.4 Å². The van der Waals surface area contributed by atoms with Gasteiger partial charge in [-0.1, -0.05) is 17.3 Å². The molecule has 20 heavy (non-hydrogen) atoms. The van der Waals surface area contributed by atoms with Crippen molar-refractivity contribution >= 4 is 32.9 Å². The number of benzene rings is 2. The van der Waals surface area contributed by atoms with Crippen LogP contribution < -0.4 is 0 Å². The molecular weight excluding hydrogens is 329 g/mol. The molecule has 0 radical (unpaired) electrons. The van der Waals surface area contributed by atoms with Crippen molar-refractivity contribution < 1.29 is 14.3 Å². The minimum absolute atomic E-state index is 0.0289. The van der Waals surface area contributed by atoms with Gasteiger partial charge in [0.2, 0.25) is 0 Å². The molecule has 3 aromatic rings. The number of para-hydroxylation sites is 1. The lowest BCUT2D eigenvalue weighted by atomic mass is 10.2. The van der Waals surface area contributed by atoms with Gasteiger partial charge < -0.3 is 5.11 Å². The van der Waals surface area contributed by atoms with Crippen molar-refractivity contribution in [1.82, 2.24) is 15.0 Å². The second kappa shape index (κ2) is 4.68. The predicted molar refractivity (Wildman–Crippen MR) is 73.5 cm³/mol. The Morgan fingerprint density at radius 3 is 2.70 bits per heavy atom. The van der Waals surface area contributed by atoms with Crippen LogP contribution in [0.3, 0.4) is 0 Å². The van der Waals surface area contributed by atoms with Crippen molar-refractivity contribution in [3.8, 4) is 5.69 Å². The fourth-order valence-corrected chi connectivity index (χ4v) is 2.48. The maximum atomic E-state index is 14.0. The van der Waals surface area contributed by atoms with Gasteiger partial charge in [-0.05, 0) is 40.2 Å². The average Bonchev–Trinajstić information content (AvgIpc) is 2.82. The molecule has 0 aliphatic heterocycles. The zero-order valence-corrected chi connectivity index (χ0v) is 11.5. The molecular formula is C13H7BrFN3O2. The van der Waals surface area contributed by atoms with Gasteiger partial charge in [0.1, 0.15) is 17.0 Å². The molecule has 3 rings (SSSR count). The first-order valence-corrected chi connectivity index (χ1v) is 6.41. The number of fused-ring (bicyclic) bond motifs is 1. The van der Waals surface area contributed by atoms with E-state index in [2.05, 4.69) is 26.2 Å². The van der Waals surface area contributed by atoms with Crippen LogP contribution in [0.25, 0.3) is 16.7 Å². The number of carboxylic acid groups (broad SMARTS) is 1. The summed E-state index contributed by atoms with van der Waals surface area (Å²) in [7, 11) is 0. The van der Waals surface area contributed by atoms with E-state index in [1.165, 1.54) is 16.8 Å². The minimum Gasteiger partial charge on any atom is -0.478 e. The fourth-order valence-electron chi connectivity index (χ4n) is 1.97. The molecule has 1 aromatic heterocycles. The van der Waals surface area contributed by atoms with Gasteiger partial charge in [0.15, 0.2) is 0 Å².